The van der Waals surface area contributed by atoms with Crippen LogP contribution in [0.25, 0.3) is 0 Å². The smallest absolute Gasteiger partial charge is 0.310 e. The molecule has 222 valence electrons. The first kappa shape index (κ1) is 29.2. The van der Waals surface area contributed by atoms with Gasteiger partial charge in [-0.2, -0.15) is 0 Å². The van der Waals surface area contributed by atoms with Crippen molar-refractivity contribution in [3.05, 3.63) is 12.2 Å². The van der Waals surface area contributed by atoms with Gasteiger partial charge in [-0.15, -0.1) is 0 Å². The minimum atomic E-state index is -0.908. The number of hydrogen-bond acceptors (Lipinski definition) is 10. The Labute approximate surface area is 235 Å². The van der Waals surface area contributed by atoms with Gasteiger partial charge < -0.3 is 33.2 Å². The Morgan fingerprint density at radius 3 is 1.38 bits per heavy atom. The first-order chi connectivity index (χ1) is 19.6. The van der Waals surface area contributed by atoms with Crippen LogP contribution in [0.4, 0.5) is 0 Å². The molecule has 3 aliphatic heterocycles. The number of unbranched alkanes of at least 4 members (excludes halogenated alkanes) is 3. The molecule has 0 aromatic rings. The van der Waals surface area contributed by atoms with Gasteiger partial charge in [0.25, 0.3) is 0 Å². The van der Waals surface area contributed by atoms with Gasteiger partial charge in [0.15, 0.2) is 0 Å². The topological polar surface area (TPSA) is 134 Å². The molecule has 0 radical (unpaired) electrons. The number of carbonyl (C=O) groups excluding carboxylic acids is 4. The Kier molecular flexibility index (Phi) is 10.3. The summed E-state index contributed by atoms with van der Waals surface area (Å²) >= 11 is 0. The van der Waals surface area contributed by atoms with E-state index in [0.717, 1.165) is 64.6 Å². The Bertz CT molecular complexity index is 921. The van der Waals surface area contributed by atoms with Gasteiger partial charge in [0.05, 0.1) is 75.7 Å². The Balaban J connectivity index is 1.20. The van der Waals surface area contributed by atoms with Crippen LogP contribution >= 0.6 is 0 Å². The maximum atomic E-state index is 13.4. The zero-order chi connectivity index (χ0) is 27.9. The van der Waals surface area contributed by atoms with Crippen LogP contribution in [0.5, 0.6) is 0 Å². The molecule has 0 amide bonds. The van der Waals surface area contributed by atoms with Gasteiger partial charge in [-0.3, -0.25) is 14.4 Å². The van der Waals surface area contributed by atoms with E-state index >= 15 is 0 Å². The minimum Gasteiger partial charge on any atom is -0.465 e. The first-order valence-corrected chi connectivity index (χ1v) is 15.0. The van der Waals surface area contributed by atoms with E-state index in [9.17, 15) is 19.2 Å². The van der Waals surface area contributed by atoms with Crippen molar-refractivity contribution in [3.8, 4) is 0 Å². The SMILES string of the molecule is O=CC1C2C=CC(C1C(=O)OCCCCC1CO1)C(C(=O)OCCCCC1CO1)C2C(=O)OCCCCC1CO1. The monoisotopic (exact) mass is 562 g/mol. The largest absolute Gasteiger partial charge is 0.465 e. The van der Waals surface area contributed by atoms with Crippen molar-refractivity contribution in [1.82, 2.24) is 0 Å². The van der Waals surface area contributed by atoms with Gasteiger partial charge in [-0.1, -0.05) is 12.2 Å². The lowest BCUT2D eigenvalue weighted by molar-refractivity contribution is -0.179. The average molecular weight is 563 g/mol. The van der Waals surface area contributed by atoms with Gasteiger partial charge in [0, 0.05) is 17.8 Å². The first-order valence-electron chi connectivity index (χ1n) is 15.0. The van der Waals surface area contributed by atoms with E-state index in [2.05, 4.69) is 0 Å². The lowest BCUT2D eigenvalue weighted by Crippen LogP contribution is -2.56. The normalized spacial score (nSPS) is 34.6. The molecule has 3 saturated heterocycles. The number of esters is 3. The molecule has 0 spiro atoms. The summed E-state index contributed by atoms with van der Waals surface area (Å²) in [6.07, 6.45) is 12.8. The summed E-state index contributed by atoms with van der Waals surface area (Å²) in [4.78, 5) is 52.4. The van der Waals surface area contributed by atoms with Crippen LogP contribution in [0, 0.1) is 35.5 Å². The molecular weight excluding hydrogens is 520 g/mol. The molecule has 1 saturated carbocycles. The quantitative estimate of drug-likeness (QED) is 0.0578. The summed E-state index contributed by atoms with van der Waals surface area (Å²) in [6, 6.07) is 0. The summed E-state index contributed by atoms with van der Waals surface area (Å²) < 4.78 is 32.5. The Morgan fingerprint density at radius 2 is 0.975 bits per heavy atom. The molecule has 3 aliphatic carbocycles. The molecule has 6 rings (SSSR count). The zero-order valence-electron chi connectivity index (χ0n) is 23.1. The van der Waals surface area contributed by atoms with Gasteiger partial charge in [0.2, 0.25) is 0 Å². The molecule has 0 aromatic heterocycles. The Hall–Kier alpha value is -2.30. The van der Waals surface area contributed by atoms with Crippen molar-refractivity contribution < 1.29 is 47.6 Å². The number of fused-ring (bicyclic) bond motifs is 2. The maximum Gasteiger partial charge on any atom is 0.310 e. The lowest BCUT2D eigenvalue weighted by Gasteiger charge is -2.48. The summed E-state index contributed by atoms with van der Waals surface area (Å²) in [7, 11) is 0. The second-order valence-corrected chi connectivity index (χ2v) is 11.7. The number of ether oxygens (including phenoxy) is 6. The van der Waals surface area contributed by atoms with E-state index < -0.39 is 53.4 Å². The number of allylic oxidation sites excluding steroid dienone is 2. The number of aldehydes is 1. The molecule has 0 N–H and O–H groups in total. The summed E-state index contributed by atoms with van der Waals surface area (Å²) in [6.45, 7) is 3.08. The Morgan fingerprint density at radius 1 is 0.600 bits per heavy atom. The molecule has 0 aromatic carbocycles. The fraction of sp³-hybridized carbons (Fsp3) is 0.800. The third-order valence-electron chi connectivity index (χ3n) is 8.72. The third-order valence-corrected chi connectivity index (χ3v) is 8.72. The van der Waals surface area contributed by atoms with E-state index in [-0.39, 0.29) is 19.8 Å². The van der Waals surface area contributed by atoms with Crippen LogP contribution in [-0.4, -0.2) is 82.1 Å². The average Bonchev–Trinajstić information content (AvgIpc) is 3.80. The highest BCUT2D eigenvalue weighted by Gasteiger charge is 2.60. The standard InChI is InChI=1S/C30H42O10/c31-15-24-22-10-11-23(25(24)28(32)35-12-4-1-7-19-16-38-19)27(30(34)37-14-6-3-9-21-18-40-21)26(22)29(33)36-13-5-2-8-20-17-39-20/h10-11,15,19-27H,1-9,12-14,16-18H2. The van der Waals surface area contributed by atoms with Crippen LogP contribution in [0.2, 0.25) is 0 Å². The highest BCUT2D eigenvalue weighted by molar-refractivity contribution is 5.88. The molecular formula is C30H42O10. The van der Waals surface area contributed by atoms with E-state index in [1.807, 2.05) is 0 Å². The molecule has 6 aliphatic rings. The number of hydrogen-bond donors (Lipinski definition) is 0. The van der Waals surface area contributed by atoms with Gasteiger partial charge in [-0.05, 0) is 57.8 Å². The summed E-state index contributed by atoms with van der Waals surface area (Å²) in [5.41, 5.74) is 0. The molecule has 40 heavy (non-hydrogen) atoms. The van der Waals surface area contributed by atoms with Gasteiger partial charge in [-0.25, -0.2) is 0 Å². The highest BCUT2D eigenvalue weighted by atomic mass is 16.6. The maximum absolute atomic E-state index is 13.4. The predicted molar refractivity (Wildman–Crippen MR) is 140 cm³/mol. The zero-order valence-corrected chi connectivity index (χ0v) is 23.1. The highest BCUT2D eigenvalue weighted by Crippen LogP contribution is 2.52. The van der Waals surface area contributed by atoms with Crippen LogP contribution < -0.4 is 0 Å². The third kappa shape index (κ3) is 7.91. The van der Waals surface area contributed by atoms with Crippen LogP contribution in [0.15, 0.2) is 12.2 Å². The molecule has 2 bridgehead atoms. The second-order valence-electron chi connectivity index (χ2n) is 11.7. The van der Waals surface area contributed by atoms with E-state index in [0.29, 0.717) is 37.6 Å². The van der Waals surface area contributed by atoms with Crippen molar-refractivity contribution in [2.45, 2.75) is 76.1 Å². The predicted octanol–water partition coefficient (Wildman–Crippen LogP) is 2.80. The molecule has 4 fully saturated rings. The van der Waals surface area contributed by atoms with Crippen molar-refractivity contribution in [2.75, 3.05) is 39.6 Å². The second kappa shape index (κ2) is 14.0. The summed E-state index contributed by atoms with van der Waals surface area (Å²) in [5.74, 6) is -6.26. The molecule has 3 heterocycles. The van der Waals surface area contributed by atoms with E-state index in [4.69, 9.17) is 28.4 Å². The van der Waals surface area contributed by atoms with Gasteiger partial charge in [0.1, 0.15) is 6.29 Å². The molecule has 10 nitrogen and oxygen atoms in total. The molecule has 9 atom stereocenters. The fourth-order valence-corrected chi connectivity index (χ4v) is 6.21. The number of rotatable bonds is 19. The summed E-state index contributed by atoms with van der Waals surface area (Å²) in [5, 5.41) is 0. The van der Waals surface area contributed by atoms with E-state index in [1.54, 1.807) is 12.2 Å². The van der Waals surface area contributed by atoms with Crippen LogP contribution in [0.3, 0.4) is 0 Å². The van der Waals surface area contributed by atoms with Crippen LogP contribution in [0.1, 0.15) is 57.8 Å². The van der Waals surface area contributed by atoms with Crippen molar-refractivity contribution in [1.29, 1.82) is 0 Å². The van der Waals surface area contributed by atoms with Crippen molar-refractivity contribution in [3.63, 3.8) is 0 Å². The van der Waals surface area contributed by atoms with Crippen LogP contribution in [-0.2, 0) is 47.6 Å². The lowest BCUT2D eigenvalue weighted by atomic mass is 9.53. The van der Waals surface area contributed by atoms with Gasteiger partial charge >= 0.3 is 17.9 Å². The fourth-order valence-electron chi connectivity index (χ4n) is 6.21. The van der Waals surface area contributed by atoms with Crippen molar-refractivity contribution >= 4 is 24.2 Å². The van der Waals surface area contributed by atoms with Crippen molar-refractivity contribution in [2.24, 2.45) is 35.5 Å². The molecule has 10 heteroatoms. The number of epoxide rings is 3. The molecule has 9 unspecified atom stereocenters. The number of carbonyl (C=O) groups is 4. The minimum absolute atomic E-state index is 0.227. The van der Waals surface area contributed by atoms with E-state index in [1.165, 1.54) is 0 Å².